The normalized spacial score (nSPS) is 12.3. The lowest BCUT2D eigenvalue weighted by Gasteiger charge is -2.00. The number of carbonyl (C=O) groups is 1. The number of rotatable bonds is 7. The van der Waals surface area contributed by atoms with E-state index >= 15 is 0 Å². The number of nitrogens with one attached hydrogen (secondary N) is 1. The number of thiazole rings is 1. The Labute approximate surface area is 129 Å². The van der Waals surface area contributed by atoms with Gasteiger partial charge in [0.1, 0.15) is 11.5 Å². The molecule has 2 aromatic rings. The summed E-state index contributed by atoms with van der Waals surface area (Å²) >= 11 is 1.57. The van der Waals surface area contributed by atoms with Crippen molar-refractivity contribution < 1.29 is 13.5 Å². The Bertz CT molecular complexity index is 636. The molecule has 0 radical (unpaired) electrons. The number of anilines is 1. The molecule has 2 aromatic heterocycles. The third-order valence-electron chi connectivity index (χ3n) is 2.56. The molecule has 0 aliphatic carbocycles. The second-order valence-corrected chi connectivity index (χ2v) is 6.98. The number of hydrogen-bond acceptors (Lipinski definition) is 6. The summed E-state index contributed by atoms with van der Waals surface area (Å²) in [5.74, 6) is 0.828. The third-order valence-corrected chi connectivity index (χ3v) is 4.72. The minimum atomic E-state index is -1.28. The summed E-state index contributed by atoms with van der Waals surface area (Å²) in [6.45, 7) is 3.83. The highest BCUT2D eigenvalue weighted by Gasteiger charge is 2.12. The summed E-state index contributed by atoms with van der Waals surface area (Å²) in [7, 11) is -1.28. The maximum absolute atomic E-state index is 12.0. The number of aryl methyl sites for hydroxylation is 2. The first-order valence-corrected chi connectivity index (χ1v) is 8.95. The molecular weight excluding hydrogens is 310 g/mol. The third kappa shape index (κ3) is 5.05. The lowest BCUT2D eigenvalue weighted by molar-refractivity contribution is -0.113. The fourth-order valence-corrected chi connectivity index (χ4v) is 3.66. The van der Waals surface area contributed by atoms with Gasteiger partial charge in [0.25, 0.3) is 0 Å². The SMILES string of the molecule is CCCc1nc(CS(=O)CC(=O)Nc2cc(C)on2)cs1. The first-order chi connectivity index (χ1) is 10.1. The van der Waals surface area contributed by atoms with E-state index in [-0.39, 0.29) is 11.7 Å². The molecule has 1 atom stereocenters. The van der Waals surface area contributed by atoms with Gasteiger partial charge in [0.05, 0.1) is 16.5 Å². The van der Waals surface area contributed by atoms with Crippen molar-refractivity contribution in [3.05, 3.63) is 27.9 Å². The molecule has 1 unspecified atom stereocenters. The predicted molar refractivity (Wildman–Crippen MR) is 82.7 cm³/mol. The van der Waals surface area contributed by atoms with Crippen LogP contribution in [0.2, 0.25) is 0 Å². The highest BCUT2D eigenvalue weighted by atomic mass is 32.2. The monoisotopic (exact) mass is 327 g/mol. The summed E-state index contributed by atoms with van der Waals surface area (Å²) in [5, 5.41) is 9.16. The molecule has 2 heterocycles. The van der Waals surface area contributed by atoms with Crippen LogP contribution in [-0.2, 0) is 27.8 Å². The molecule has 0 aliphatic heterocycles. The van der Waals surface area contributed by atoms with Gasteiger partial charge >= 0.3 is 0 Å². The topological polar surface area (TPSA) is 85.1 Å². The minimum Gasteiger partial charge on any atom is -0.360 e. The van der Waals surface area contributed by atoms with Crippen molar-refractivity contribution in [2.75, 3.05) is 11.1 Å². The van der Waals surface area contributed by atoms with E-state index in [9.17, 15) is 9.00 Å². The van der Waals surface area contributed by atoms with Gasteiger partial charge in [-0.2, -0.15) is 0 Å². The summed E-state index contributed by atoms with van der Waals surface area (Å²) in [6.07, 6.45) is 1.97. The molecule has 114 valence electrons. The van der Waals surface area contributed by atoms with Crippen LogP contribution >= 0.6 is 11.3 Å². The molecule has 0 bridgehead atoms. The van der Waals surface area contributed by atoms with E-state index in [0.29, 0.717) is 17.3 Å². The van der Waals surface area contributed by atoms with Crippen molar-refractivity contribution >= 4 is 33.9 Å². The van der Waals surface area contributed by atoms with E-state index in [2.05, 4.69) is 22.4 Å². The van der Waals surface area contributed by atoms with Crippen LogP contribution in [0, 0.1) is 6.92 Å². The van der Waals surface area contributed by atoms with Crippen LogP contribution in [0.3, 0.4) is 0 Å². The minimum absolute atomic E-state index is 0.0768. The number of amides is 1. The van der Waals surface area contributed by atoms with E-state index in [1.165, 1.54) is 0 Å². The molecule has 6 nitrogen and oxygen atoms in total. The Hall–Kier alpha value is -1.54. The van der Waals surface area contributed by atoms with Crippen molar-refractivity contribution in [3.63, 3.8) is 0 Å². The average Bonchev–Trinajstić information content (AvgIpc) is 2.99. The van der Waals surface area contributed by atoms with E-state index in [0.717, 1.165) is 23.5 Å². The Balaban J connectivity index is 1.81. The molecule has 21 heavy (non-hydrogen) atoms. The van der Waals surface area contributed by atoms with E-state index in [1.807, 2.05) is 5.38 Å². The van der Waals surface area contributed by atoms with E-state index in [1.54, 1.807) is 24.3 Å². The second kappa shape index (κ2) is 7.46. The van der Waals surface area contributed by atoms with Gasteiger partial charge in [0.15, 0.2) is 5.82 Å². The smallest absolute Gasteiger partial charge is 0.238 e. The van der Waals surface area contributed by atoms with Crippen molar-refractivity contribution in [3.8, 4) is 0 Å². The predicted octanol–water partition coefficient (Wildman–Crippen LogP) is 2.28. The molecule has 1 N–H and O–H groups in total. The van der Waals surface area contributed by atoms with Crippen LogP contribution in [0.25, 0.3) is 0 Å². The van der Waals surface area contributed by atoms with Gasteiger partial charge in [0.2, 0.25) is 5.91 Å². The van der Waals surface area contributed by atoms with Crippen molar-refractivity contribution in [1.29, 1.82) is 0 Å². The summed E-state index contributed by atoms with van der Waals surface area (Å²) < 4.78 is 16.8. The Kier molecular flexibility index (Phi) is 5.63. The summed E-state index contributed by atoms with van der Waals surface area (Å²) in [6, 6.07) is 1.61. The average molecular weight is 327 g/mol. The number of hydrogen-bond donors (Lipinski definition) is 1. The quantitative estimate of drug-likeness (QED) is 0.843. The first-order valence-electron chi connectivity index (χ1n) is 6.58. The van der Waals surface area contributed by atoms with Gasteiger partial charge in [-0.05, 0) is 19.8 Å². The van der Waals surface area contributed by atoms with Gasteiger partial charge in [-0.15, -0.1) is 11.3 Å². The van der Waals surface area contributed by atoms with Crippen molar-refractivity contribution in [2.45, 2.75) is 32.4 Å². The summed E-state index contributed by atoms with van der Waals surface area (Å²) in [5.41, 5.74) is 0.784. The zero-order valence-corrected chi connectivity index (χ0v) is 13.6. The van der Waals surface area contributed by atoms with Crippen molar-refractivity contribution in [1.82, 2.24) is 10.1 Å². The van der Waals surface area contributed by atoms with Gasteiger partial charge in [-0.25, -0.2) is 4.98 Å². The summed E-state index contributed by atoms with van der Waals surface area (Å²) in [4.78, 5) is 16.1. The molecule has 0 spiro atoms. The van der Waals surface area contributed by atoms with Crippen LogP contribution in [0.15, 0.2) is 16.0 Å². The Morgan fingerprint density at radius 1 is 1.52 bits per heavy atom. The molecule has 0 aromatic carbocycles. The molecule has 0 saturated heterocycles. The highest BCUT2D eigenvalue weighted by molar-refractivity contribution is 7.84. The number of aromatic nitrogens is 2. The zero-order valence-electron chi connectivity index (χ0n) is 11.9. The number of nitrogens with zero attached hydrogens (tertiary/aromatic N) is 2. The van der Waals surface area contributed by atoms with Gasteiger partial charge in [0, 0.05) is 22.2 Å². The van der Waals surface area contributed by atoms with E-state index in [4.69, 9.17) is 4.52 Å². The molecular formula is C13H17N3O3S2. The zero-order chi connectivity index (χ0) is 15.2. The molecule has 0 fully saturated rings. The Morgan fingerprint density at radius 3 is 3.00 bits per heavy atom. The maximum Gasteiger partial charge on any atom is 0.238 e. The number of carbonyl (C=O) groups excluding carboxylic acids is 1. The fraction of sp³-hybridized carbons (Fsp3) is 0.462. The standard InChI is InChI=1S/C13H17N3O3S2/c1-3-4-13-14-10(6-20-13)7-21(18)8-12(17)15-11-5-9(2)19-16-11/h5-6H,3-4,7-8H2,1-2H3,(H,15,16,17). The lowest BCUT2D eigenvalue weighted by Crippen LogP contribution is -2.20. The molecule has 0 aliphatic rings. The molecule has 1 amide bonds. The fourth-order valence-electron chi connectivity index (χ4n) is 1.71. The van der Waals surface area contributed by atoms with Crippen LogP contribution in [0.4, 0.5) is 5.82 Å². The molecule has 2 rings (SSSR count). The van der Waals surface area contributed by atoms with Crippen LogP contribution in [0.1, 0.15) is 29.8 Å². The Morgan fingerprint density at radius 2 is 2.33 bits per heavy atom. The van der Waals surface area contributed by atoms with E-state index < -0.39 is 10.8 Å². The molecule has 8 heteroatoms. The van der Waals surface area contributed by atoms with Crippen LogP contribution in [0.5, 0.6) is 0 Å². The van der Waals surface area contributed by atoms with Crippen molar-refractivity contribution in [2.24, 2.45) is 0 Å². The van der Waals surface area contributed by atoms with Crippen LogP contribution in [-0.4, -0.2) is 26.0 Å². The highest BCUT2D eigenvalue weighted by Crippen LogP contribution is 2.13. The second-order valence-electron chi connectivity index (χ2n) is 4.58. The largest absolute Gasteiger partial charge is 0.360 e. The first kappa shape index (κ1) is 15.8. The van der Waals surface area contributed by atoms with Gasteiger partial charge in [-0.1, -0.05) is 12.1 Å². The lowest BCUT2D eigenvalue weighted by atomic mass is 10.3. The van der Waals surface area contributed by atoms with Gasteiger partial charge < -0.3 is 9.84 Å². The molecule has 0 saturated carbocycles. The van der Waals surface area contributed by atoms with Crippen LogP contribution < -0.4 is 5.32 Å². The maximum atomic E-state index is 12.0. The van der Waals surface area contributed by atoms with Gasteiger partial charge in [-0.3, -0.25) is 9.00 Å².